The molecule has 1 aromatic rings. The second-order valence-electron chi connectivity index (χ2n) is 5.39. The van der Waals surface area contributed by atoms with E-state index in [-0.39, 0.29) is 16.3 Å². The molecular formula is C15H17F3N2O2. The molecule has 1 amide bonds. The van der Waals surface area contributed by atoms with Crippen LogP contribution in [-0.2, 0) is 0 Å². The van der Waals surface area contributed by atoms with Crippen molar-refractivity contribution in [2.75, 3.05) is 0 Å². The van der Waals surface area contributed by atoms with Gasteiger partial charge in [0, 0.05) is 17.7 Å². The van der Waals surface area contributed by atoms with E-state index in [1.807, 2.05) is 0 Å². The van der Waals surface area contributed by atoms with Gasteiger partial charge in [-0.2, -0.15) is 23.3 Å². The lowest BCUT2D eigenvalue weighted by molar-refractivity contribution is -0.297. The molecule has 1 aliphatic rings. The number of hydrazone groups is 1. The van der Waals surface area contributed by atoms with Crippen LogP contribution in [0.2, 0.25) is 0 Å². The van der Waals surface area contributed by atoms with Crippen molar-refractivity contribution in [3.05, 3.63) is 35.4 Å². The van der Waals surface area contributed by atoms with Gasteiger partial charge in [0.1, 0.15) is 0 Å². The second kappa shape index (κ2) is 5.72. The summed E-state index contributed by atoms with van der Waals surface area (Å²) in [6, 6.07) is 6.16. The summed E-state index contributed by atoms with van der Waals surface area (Å²) in [5, 5.41) is 14.0. The van der Waals surface area contributed by atoms with Crippen LogP contribution < -0.4 is 0 Å². The van der Waals surface area contributed by atoms with Crippen molar-refractivity contribution in [2.24, 2.45) is 5.10 Å². The number of aryl methyl sites for hydroxylation is 1. The Labute approximate surface area is 126 Å². The first-order valence-electron chi connectivity index (χ1n) is 6.95. The van der Waals surface area contributed by atoms with Crippen LogP contribution in [-0.4, -0.2) is 33.6 Å². The number of nitrogens with zero attached hydrogens (tertiary/aromatic N) is 2. The minimum absolute atomic E-state index is 0.0594. The maximum absolute atomic E-state index is 13.2. The van der Waals surface area contributed by atoms with Crippen molar-refractivity contribution < 1.29 is 23.1 Å². The van der Waals surface area contributed by atoms with Crippen LogP contribution in [0.3, 0.4) is 0 Å². The topological polar surface area (TPSA) is 52.9 Å². The molecule has 1 atom stereocenters. The number of carbonyl (C=O) groups excluding carboxylic acids is 1. The van der Waals surface area contributed by atoms with Crippen LogP contribution in [0.1, 0.15) is 42.1 Å². The summed E-state index contributed by atoms with van der Waals surface area (Å²) < 4.78 is 39.7. The molecule has 0 fully saturated rings. The third kappa shape index (κ3) is 2.85. The number of amides is 1. The number of hydrogen-bond acceptors (Lipinski definition) is 3. The van der Waals surface area contributed by atoms with Gasteiger partial charge in [0.25, 0.3) is 11.6 Å². The molecule has 0 unspecified atom stereocenters. The van der Waals surface area contributed by atoms with Crippen LogP contribution in [0.15, 0.2) is 29.4 Å². The van der Waals surface area contributed by atoms with Crippen LogP contribution in [0.5, 0.6) is 0 Å². The molecule has 2 rings (SSSR count). The van der Waals surface area contributed by atoms with Crippen molar-refractivity contribution in [1.82, 2.24) is 5.01 Å². The molecule has 120 valence electrons. The highest BCUT2D eigenvalue weighted by atomic mass is 19.4. The largest absolute Gasteiger partial charge is 0.438 e. The number of hydrogen-bond donors (Lipinski definition) is 1. The van der Waals surface area contributed by atoms with Gasteiger partial charge in [-0.1, -0.05) is 31.0 Å². The maximum atomic E-state index is 13.2. The lowest BCUT2D eigenvalue weighted by Crippen LogP contribution is -2.56. The van der Waals surface area contributed by atoms with Crippen molar-refractivity contribution in [2.45, 2.75) is 45.0 Å². The van der Waals surface area contributed by atoms with E-state index in [2.05, 4.69) is 5.10 Å². The first-order valence-corrected chi connectivity index (χ1v) is 6.95. The van der Waals surface area contributed by atoms with Gasteiger partial charge < -0.3 is 5.11 Å². The molecule has 0 saturated carbocycles. The zero-order valence-electron chi connectivity index (χ0n) is 12.3. The zero-order valence-corrected chi connectivity index (χ0v) is 12.3. The molecule has 22 heavy (non-hydrogen) atoms. The van der Waals surface area contributed by atoms with E-state index >= 15 is 0 Å². The van der Waals surface area contributed by atoms with Gasteiger partial charge in [0.15, 0.2) is 0 Å². The van der Waals surface area contributed by atoms with Gasteiger partial charge in [-0.25, -0.2) is 0 Å². The molecule has 0 spiro atoms. The standard InChI is InChI=1S/C15H17F3N2O2/c1-3-5-12-9-14(22,15(16,17)18)20(19-12)13(21)11-7-4-6-10(2)8-11/h4,6-8,22H,3,5,9H2,1-2H3/t14-/m1/s1. The van der Waals surface area contributed by atoms with Gasteiger partial charge in [-0.15, -0.1) is 0 Å². The molecule has 1 aromatic carbocycles. The highest BCUT2D eigenvalue weighted by Gasteiger charge is 2.63. The predicted octanol–water partition coefficient (Wildman–Crippen LogP) is 3.25. The number of aliphatic hydroxyl groups is 1. The van der Waals surface area contributed by atoms with Crippen LogP contribution in [0, 0.1) is 6.92 Å². The highest BCUT2D eigenvalue weighted by molar-refractivity contribution is 5.98. The molecule has 1 aliphatic heterocycles. The highest BCUT2D eigenvalue weighted by Crippen LogP contribution is 2.41. The van der Waals surface area contributed by atoms with Gasteiger partial charge >= 0.3 is 6.18 Å². The molecule has 4 nitrogen and oxygen atoms in total. The van der Waals surface area contributed by atoms with Gasteiger partial charge in [-0.3, -0.25) is 4.79 Å². The normalized spacial score (nSPS) is 21.9. The van der Waals surface area contributed by atoms with Gasteiger partial charge in [0.2, 0.25) is 0 Å². The van der Waals surface area contributed by atoms with Gasteiger partial charge in [-0.05, 0) is 25.5 Å². The summed E-state index contributed by atoms with van der Waals surface area (Å²) >= 11 is 0. The molecule has 7 heteroatoms. The van der Waals surface area contributed by atoms with Gasteiger partial charge in [0.05, 0.1) is 0 Å². The molecule has 0 saturated heterocycles. The van der Waals surface area contributed by atoms with Crippen molar-refractivity contribution >= 4 is 11.6 Å². The average Bonchev–Trinajstić information content (AvgIpc) is 2.76. The minimum atomic E-state index is -4.98. The Hall–Kier alpha value is -1.89. The van der Waals surface area contributed by atoms with E-state index in [9.17, 15) is 23.1 Å². The van der Waals surface area contributed by atoms with Crippen LogP contribution in [0.25, 0.3) is 0 Å². The molecule has 1 heterocycles. The minimum Gasteiger partial charge on any atom is -0.362 e. The lowest BCUT2D eigenvalue weighted by atomic mass is 10.0. The van der Waals surface area contributed by atoms with E-state index in [0.717, 1.165) is 5.56 Å². The van der Waals surface area contributed by atoms with E-state index in [1.165, 1.54) is 12.1 Å². The summed E-state index contributed by atoms with van der Waals surface area (Å²) in [5.74, 6) is -0.963. The summed E-state index contributed by atoms with van der Waals surface area (Å²) in [7, 11) is 0. The van der Waals surface area contributed by atoms with Crippen molar-refractivity contribution in [1.29, 1.82) is 0 Å². The Morgan fingerprint density at radius 3 is 2.68 bits per heavy atom. The number of benzene rings is 1. The SMILES string of the molecule is CCCC1=NN(C(=O)c2cccc(C)c2)[C@](O)(C(F)(F)F)C1. The van der Waals surface area contributed by atoms with Crippen molar-refractivity contribution in [3.63, 3.8) is 0 Å². The first-order chi connectivity index (χ1) is 10.2. The molecule has 0 aliphatic carbocycles. The first kappa shape index (κ1) is 16.5. The predicted molar refractivity (Wildman–Crippen MR) is 75.3 cm³/mol. The third-order valence-corrected chi connectivity index (χ3v) is 3.49. The Morgan fingerprint density at radius 1 is 1.45 bits per heavy atom. The zero-order chi connectivity index (χ0) is 16.5. The quantitative estimate of drug-likeness (QED) is 0.931. The fourth-order valence-corrected chi connectivity index (χ4v) is 2.38. The number of alkyl halides is 3. The molecule has 1 N–H and O–H groups in total. The Balaban J connectivity index is 2.41. The number of rotatable bonds is 3. The monoisotopic (exact) mass is 314 g/mol. The van der Waals surface area contributed by atoms with E-state index < -0.39 is 24.2 Å². The number of halogens is 3. The van der Waals surface area contributed by atoms with Crippen LogP contribution >= 0.6 is 0 Å². The van der Waals surface area contributed by atoms with Crippen molar-refractivity contribution in [3.8, 4) is 0 Å². The Bertz CT molecular complexity index is 613. The summed E-state index contributed by atoms with van der Waals surface area (Å²) in [6.45, 7) is 3.52. The lowest BCUT2D eigenvalue weighted by Gasteiger charge is -2.32. The number of carbonyl (C=O) groups is 1. The van der Waals surface area contributed by atoms with E-state index in [0.29, 0.717) is 12.8 Å². The average molecular weight is 314 g/mol. The summed E-state index contributed by atoms with van der Waals surface area (Å²) in [4.78, 5) is 12.4. The van der Waals surface area contributed by atoms with E-state index in [1.54, 1.807) is 26.0 Å². The molecule has 0 radical (unpaired) electrons. The fraction of sp³-hybridized carbons (Fsp3) is 0.467. The third-order valence-electron chi connectivity index (χ3n) is 3.49. The van der Waals surface area contributed by atoms with Crippen LogP contribution in [0.4, 0.5) is 13.2 Å². The summed E-state index contributed by atoms with van der Waals surface area (Å²) in [6.07, 6.45) is -4.80. The van der Waals surface area contributed by atoms with E-state index in [4.69, 9.17) is 0 Å². The molecule has 0 aromatic heterocycles. The fourth-order valence-electron chi connectivity index (χ4n) is 2.38. The second-order valence-corrected chi connectivity index (χ2v) is 5.39. The maximum Gasteiger partial charge on any atom is 0.438 e. The smallest absolute Gasteiger partial charge is 0.362 e. The molecular weight excluding hydrogens is 297 g/mol. The Morgan fingerprint density at radius 2 is 2.14 bits per heavy atom. The Kier molecular flexibility index (Phi) is 4.28. The molecule has 0 bridgehead atoms. The summed E-state index contributed by atoms with van der Waals surface area (Å²) in [5.41, 5.74) is -2.32.